The summed E-state index contributed by atoms with van der Waals surface area (Å²) < 4.78 is 4.79. The molecule has 5 nitrogen and oxygen atoms in total. The monoisotopic (exact) mass is 264 g/mol. The third-order valence-electron chi connectivity index (χ3n) is 2.68. The average Bonchev–Trinajstić information content (AvgIpc) is 2.36. The number of rotatable bonds is 6. The Hall–Kier alpha value is -2.04. The first-order valence-electron chi connectivity index (χ1n) is 6.27. The number of amides is 1. The van der Waals surface area contributed by atoms with Gasteiger partial charge in [0.2, 0.25) is 5.91 Å². The van der Waals surface area contributed by atoms with Crippen LogP contribution in [-0.4, -0.2) is 37.0 Å². The first-order valence-corrected chi connectivity index (χ1v) is 6.27. The molecule has 0 atom stereocenters. The van der Waals surface area contributed by atoms with Crippen molar-refractivity contribution in [1.29, 1.82) is 0 Å². The van der Waals surface area contributed by atoms with Crippen molar-refractivity contribution in [3.05, 3.63) is 29.8 Å². The van der Waals surface area contributed by atoms with E-state index in [1.807, 2.05) is 18.2 Å². The topological polar surface area (TPSA) is 72.6 Å². The Morgan fingerprint density at radius 3 is 2.74 bits per heavy atom. The Balaban J connectivity index is 2.40. The fourth-order valence-electron chi connectivity index (χ4n) is 1.68. The number of anilines is 1. The number of carbonyl (C=O) groups excluding carboxylic acids is 2. The number of nitrogen functional groups attached to an aromatic ring is 1. The van der Waals surface area contributed by atoms with Crippen LogP contribution in [-0.2, 0) is 20.7 Å². The van der Waals surface area contributed by atoms with Crippen LogP contribution >= 0.6 is 0 Å². The second-order valence-corrected chi connectivity index (χ2v) is 4.30. The van der Waals surface area contributed by atoms with E-state index in [9.17, 15) is 9.59 Å². The molecule has 0 aliphatic heterocycles. The zero-order valence-corrected chi connectivity index (χ0v) is 11.4. The first-order chi connectivity index (χ1) is 9.02. The molecule has 0 aromatic heterocycles. The summed E-state index contributed by atoms with van der Waals surface area (Å²) in [6, 6.07) is 7.43. The highest BCUT2D eigenvalue weighted by atomic mass is 16.5. The SMILES string of the molecule is CCOC(=O)CN(C)C(=O)CCc1cccc(N)c1. The zero-order chi connectivity index (χ0) is 14.3. The summed E-state index contributed by atoms with van der Waals surface area (Å²) in [7, 11) is 1.60. The van der Waals surface area contributed by atoms with E-state index in [4.69, 9.17) is 10.5 Å². The van der Waals surface area contributed by atoms with Crippen LogP contribution in [0.1, 0.15) is 18.9 Å². The maximum Gasteiger partial charge on any atom is 0.325 e. The Bertz CT molecular complexity index is 446. The summed E-state index contributed by atoms with van der Waals surface area (Å²) in [6.45, 7) is 2.05. The lowest BCUT2D eigenvalue weighted by atomic mass is 10.1. The number of benzene rings is 1. The van der Waals surface area contributed by atoms with Gasteiger partial charge in [-0.1, -0.05) is 12.1 Å². The maximum atomic E-state index is 11.8. The molecule has 0 radical (unpaired) electrons. The van der Waals surface area contributed by atoms with Crippen LogP contribution in [0.25, 0.3) is 0 Å². The Morgan fingerprint density at radius 1 is 1.37 bits per heavy atom. The van der Waals surface area contributed by atoms with Gasteiger partial charge in [0.25, 0.3) is 0 Å². The zero-order valence-electron chi connectivity index (χ0n) is 11.4. The third kappa shape index (κ3) is 5.42. The van der Waals surface area contributed by atoms with E-state index in [0.29, 0.717) is 25.1 Å². The summed E-state index contributed by atoms with van der Waals surface area (Å²) in [5.74, 6) is -0.474. The maximum absolute atomic E-state index is 11.8. The number of nitrogens with zero attached hydrogens (tertiary/aromatic N) is 1. The molecule has 0 heterocycles. The predicted molar refractivity (Wildman–Crippen MR) is 73.4 cm³/mol. The van der Waals surface area contributed by atoms with Gasteiger partial charge >= 0.3 is 5.97 Å². The summed E-state index contributed by atoms with van der Waals surface area (Å²) >= 11 is 0. The molecule has 5 heteroatoms. The fourth-order valence-corrected chi connectivity index (χ4v) is 1.68. The van der Waals surface area contributed by atoms with Crippen molar-refractivity contribution in [2.45, 2.75) is 19.8 Å². The van der Waals surface area contributed by atoms with Crippen molar-refractivity contribution in [2.24, 2.45) is 0 Å². The van der Waals surface area contributed by atoms with Crippen LogP contribution in [0, 0.1) is 0 Å². The molecule has 0 spiro atoms. The second-order valence-electron chi connectivity index (χ2n) is 4.30. The van der Waals surface area contributed by atoms with Gasteiger partial charge in [0.1, 0.15) is 6.54 Å². The molecular weight excluding hydrogens is 244 g/mol. The number of carbonyl (C=O) groups is 2. The van der Waals surface area contributed by atoms with Crippen molar-refractivity contribution in [3.8, 4) is 0 Å². The molecule has 104 valence electrons. The van der Waals surface area contributed by atoms with Crippen molar-refractivity contribution in [3.63, 3.8) is 0 Å². The van der Waals surface area contributed by atoms with E-state index in [0.717, 1.165) is 5.56 Å². The molecule has 19 heavy (non-hydrogen) atoms. The van der Waals surface area contributed by atoms with Crippen molar-refractivity contribution in [1.82, 2.24) is 4.90 Å². The lowest BCUT2D eigenvalue weighted by Gasteiger charge is -2.16. The van der Waals surface area contributed by atoms with E-state index < -0.39 is 0 Å². The highest BCUT2D eigenvalue weighted by molar-refractivity contribution is 5.81. The molecule has 1 rings (SSSR count). The van der Waals surface area contributed by atoms with Crippen LogP contribution in [0.15, 0.2) is 24.3 Å². The molecule has 0 fully saturated rings. The third-order valence-corrected chi connectivity index (χ3v) is 2.68. The minimum Gasteiger partial charge on any atom is -0.465 e. The number of esters is 1. The van der Waals surface area contributed by atoms with Crippen LogP contribution in [0.5, 0.6) is 0 Å². The lowest BCUT2D eigenvalue weighted by Crippen LogP contribution is -2.33. The second kappa shape index (κ2) is 7.41. The molecule has 0 aliphatic rings. The smallest absolute Gasteiger partial charge is 0.325 e. The Labute approximate surface area is 113 Å². The fraction of sp³-hybridized carbons (Fsp3) is 0.429. The van der Waals surface area contributed by atoms with Gasteiger partial charge in [-0.3, -0.25) is 9.59 Å². The molecule has 1 amide bonds. The number of likely N-dealkylation sites (N-methyl/N-ethyl adjacent to an activating group) is 1. The molecule has 0 aliphatic carbocycles. The van der Waals surface area contributed by atoms with Gasteiger partial charge in [0.15, 0.2) is 0 Å². The lowest BCUT2D eigenvalue weighted by molar-refractivity contribution is -0.148. The van der Waals surface area contributed by atoms with Crippen LogP contribution in [0.4, 0.5) is 5.69 Å². The van der Waals surface area contributed by atoms with E-state index in [1.54, 1.807) is 20.0 Å². The largest absolute Gasteiger partial charge is 0.465 e. The quantitative estimate of drug-likeness (QED) is 0.619. The van der Waals surface area contributed by atoms with Crippen molar-refractivity contribution >= 4 is 17.6 Å². The van der Waals surface area contributed by atoms with Crippen molar-refractivity contribution in [2.75, 3.05) is 25.9 Å². The highest BCUT2D eigenvalue weighted by Crippen LogP contribution is 2.09. The van der Waals surface area contributed by atoms with E-state index in [2.05, 4.69) is 0 Å². The van der Waals surface area contributed by atoms with E-state index in [1.165, 1.54) is 4.90 Å². The van der Waals surface area contributed by atoms with Crippen LogP contribution < -0.4 is 5.73 Å². The van der Waals surface area contributed by atoms with E-state index in [-0.39, 0.29) is 18.4 Å². The highest BCUT2D eigenvalue weighted by Gasteiger charge is 2.13. The van der Waals surface area contributed by atoms with Gasteiger partial charge in [-0.05, 0) is 31.0 Å². The molecule has 1 aromatic rings. The Morgan fingerprint density at radius 2 is 2.11 bits per heavy atom. The number of hydrogen-bond acceptors (Lipinski definition) is 4. The Kier molecular flexibility index (Phi) is 5.85. The normalized spacial score (nSPS) is 10.0. The van der Waals surface area contributed by atoms with E-state index >= 15 is 0 Å². The van der Waals surface area contributed by atoms with Gasteiger partial charge < -0.3 is 15.4 Å². The average molecular weight is 264 g/mol. The summed E-state index contributed by atoms with van der Waals surface area (Å²) in [5.41, 5.74) is 7.36. The first kappa shape index (κ1) is 15.0. The standard InChI is InChI=1S/C14H20N2O3/c1-3-19-14(18)10-16(2)13(17)8-7-11-5-4-6-12(15)9-11/h4-6,9H,3,7-8,10,15H2,1-2H3. The minimum absolute atomic E-state index is 0.0103. The molecular formula is C14H20N2O3. The predicted octanol–water partition coefficient (Wildman–Crippen LogP) is 1.22. The molecule has 0 unspecified atom stereocenters. The van der Waals surface area contributed by atoms with Crippen molar-refractivity contribution < 1.29 is 14.3 Å². The van der Waals surface area contributed by atoms with Gasteiger partial charge in [-0.25, -0.2) is 0 Å². The van der Waals surface area contributed by atoms with Crippen LogP contribution in [0.3, 0.4) is 0 Å². The summed E-state index contributed by atoms with van der Waals surface area (Å²) in [5, 5.41) is 0. The number of hydrogen-bond donors (Lipinski definition) is 1. The number of ether oxygens (including phenoxy) is 1. The molecule has 1 aromatic carbocycles. The minimum atomic E-state index is -0.387. The molecule has 0 bridgehead atoms. The van der Waals surface area contributed by atoms with Gasteiger partial charge in [-0.15, -0.1) is 0 Å². The summed E-state index contributed by atoms with van der Waals surface area (Å²) in [4.78, 5) is 24.5. The summed E-state index contributed by atoms with van der Waals surface area (Å²) in [6.07, 6.45) is 0.955. The van der Waals surface area contributed by atoms with Crippen LogP contribution in [0.2, 0.25) is 0 Å². The van der Waals surface area contributed by atoms with Gasteiger partial charge in [0, 0.05) is 19.2 Å². The molecule has 0 saturated heterocycles. The number of aryl methyl sites for hydroxylation is 1. The molecule has 2 N–H and O–H groups in total. The van der Waals surface area contributed by atoms with Gasteiger partial charge in [-0.2, -0.15) is 0 Å². The van der Waals surface area contributed by atoms with Gasteiger partial charge in [0.05, 0.1) is 6.61 Å². The molecule has 0 saturated carbocycles. The number of nitrogens with two attached hydrogens (primary N) is 1.